The van der Waals surface area contributed by atoms with Crippen LogP contribution in [-0.4, -0.2) is 61.7 Å². The number of piperazine rings is 1. The molecule has 0 saturated carbocycles. The van der Waals surface area contributed by atoms with Gasteiger partial charge in [0.05, 0.1) is 0 Å². The fourth-order valence-electron chi connectivity index (χ4n) is 2.69. The van der Waals surface area contributed by atoms with Crippen LogP contribution in [0.25, 0.3) is 0 Å². The molecule has 0 aromatic rings. The molecule has 0 aliphatic carbocycles. The molecule has 1 saturated heterocycles. The van der Waals surface area contributed by atoms with Crippen LogP contribution in [0.4, 0.5) is 0 Å². The van der Waals surface area contributed by atoms with E-state index in [1.807, 2.05) is 0 Å². The van der Waals surface area contributed by atoms with Gasteiger partial charge in [0.2, 0.25) is 0 Å². The number of hydrogen-bond donors (Lipinski definition) is 1. The summed E-state index contributed by atoms with van der Waals surface area (Å²) in [6.45, 7) is 12.9. The average Bonchev–Trinajstić information content (AvgIpc) is 2.25. The minimum Gasteiger partial charge on any atom is -0.311 e. The van der Waals surface area contributed by atoms with Crippen LogP contribution in [0.2, 0.25) is 0 Å². The average molecular weight is 241 g/mol. The van der Waals surface area contributed by atoms with Crippen molar-refractivity contribution in [2.45, 2.75) is 52.2 Å². The summed E-state index contributed by atoms with van der Waals surface area (Å²) in [4.78, 5) is 5.00. The monoisotopic (exact) mass is 241 g/mol. The maximum absolute atomic E-state index is 3.61. The highest BCUT2D eigenvalue weighted by Crippen LogP contribution is 2.19. The molecular weight excluding hydrogens is 210 g/mol. The molecule has 0 aromatic carbocycles. The van der Waals surface area contributed by atoms with Crippen LogP contribution in [0, 0.1) is 5.92 Å². The fourth-order valence-corrected chi connectivity index (χ4v) is 2.69. The molecule has 3 atom stereocenters. The third-order valence-electron chi connectivity index (χ3n) is 3.92. The summed E-state index contributed by atoms with van der Waals surface area (Å²) in [7, 11) is 4.32. The van der Waals surface area contributed by atoms with Gasteiger partial charge in [0.15, 0.2) is 0 Å². The van der Waals surface area contributed by atoms with Crippen molar-refractivity contribution >= 4 is 0 Å². The molecule has 1 rings (SSSR count). The molecule has 1 N–H and O–H groups in total. The van der Waals surface area contributed by atoms with Gasteiger partial charge in [-0.3, -0.25) is 4.90 Å². The summed E-state index contributed by atoms with van der Waals surface area (Å²) in [6, 6.07) is 2.02. The second kappa shape index (κ2) is 6.72. The number of rotatable bonds is 5. The van der Waals surface area contributed by atoms with Crippen LogP contribution in [0.5, 0.6) is 0 Å². The maximum atomic E-state index is 3.61. The lowest BCUT2D eigenvalue weighted by molar-refractivity contribution is 0.0596. The number of nitrogens with one attached hydrogen (secondary N) is 1. The van der Waals surface area contributed by atoms with Crippen LogP contribution >= 0.6 is 0 Å². The Bertz CT molecular complexity index is 216. The summed E-state index contributed by atoms with van der Waals surface area (Å²) in [5.41, 5.74) is 0. The fraction of sp³-hybridized carbons (Fsp3) is 1.00. The molecule has 3 nitrogen and oxygen atoms in total. The van der Waals surface area contributed by atoms with Gasteiger partial charge in [-0.2, -0.15) is 0 Å². The van der Waals surface area contributed by atoms with Crippen LogP contribution < -0.4 is 5.32 Å². The molecule has 0 bridgehead atoms. The predicted octanol–water partition coefficient (Wildman–Crippen LogP) is 1.64. The number of nitrogens with zero attached hydrogens (tertiary/aromatic N) is 2. The Hall–Kier alpha value is -0.120. The van der Waals surface area contributed by atoms with E-state index in [2.05, 4.69) is 56.9 Å². The molecule has 0 spiro atoms. The Balaban J connectivity index is 2.55. The van der Waals surface area contributed by atoms with Gasteiger partial charge in [0.1, 0.15) is 0 Å². The first-order valence-corrected chi connectivity index (χ1v) is 7.05. The van der Waals surface area contributed by atoms with Crippen molar-refractivity contribution in [3.63, 3.8) is 0 Å². The van der Waals surface area contributed by atoms with Gasteiger partial charge in [-0.05, 0) is 46.8 Å². The minimum atomic E-state index is 0.631. The van der Waals surface area contributed by atoms with E-state index < -0.39 is 0 Å². The van der Waals surface area contributed by atoms with E-state index >= 15 is 0 Å². The molecule has 1 heterocycles. The van der Waals surface area contributed by atoms with Gasteiger partial charge in [-0.15, -0.1) is 0 Å². The summed E-state index contributed by atoms with van der Waals surface area (Å²) < 4.78 is 0. The molecule has 102 valence electrons. The van der Waals surface area contributed by atoms with Crippen molar-refractivity contribution in [2.75, 3.05) is 33.7 Å². The molecule has 1 fully saturated rings. The lowest BCUT2D eigenvalue weighted by Gasteiger charge is -2.45. The zero-order chi connectivity index (χ0) is 13.0. The lowest BCUT2D eigenvalue weighted by Crippen LogP contribution is -2.60. The normalized spacial score (nSPS) is 28.9. The van der Waals surface area contributed by atoms with Crippen LogP contribution in [0.15, 0.2) is 0 Å². The van der Waals surface area contributed by atoms with Crippen LogP contribution in [0.1, 0.15) is 34.1 Å². The molecule has 1 aliphatic rings. The number of hydrogen-bond acceptors (Lipinski definition) is 3. The van der Waals surface area contributed by atoms with Crippen LogP contribution in [-0.2, 0) is 0 Å². The third-order valence-corrected chi connectivity index (χ3v) is 3.92. The first-order valence-electron chi connectivity index (χ1n) is 7.05. The van der Waals surface area contributed by atoms with Crippen molar-refractivity contribution in [1.29, 1.82) is 0 Å². The largest absolute Gasteiger partial charge is 0.311 e. The molecule has 0 aromatic heterocycles. The van der Waals surface area contributed by atoms with Gasteiger partial charge in [-0.25, -0.2) is 0 Å². The standard InChI is InChI=1S/C14H31N3/c1-11(2)14-9-15-12(3)10-17(14)13(4)7-8-16(5)6/h11-15H,7-10H2,1-6H3. The molecule has 0 amide bonds. The van der Waals surface area contributed by atoms with Crippen molar-refractivity contribution in [2.24, 2.45) is 5.92 Å². The van der Waals surface area contributed by atoms with Crippen molar-refractivity contribution in [3.8, 4) is 0 Å². The Labute approximate surface area is 108 Å². The second-order valence-electron chi connectivity index (χ2n) is 6.26. The van der Waals surface area contributed by atoms with Gasteiger partial charge >= 0.3 is 0 Å². The first kappa shape index (κ1) is 14.9. The summed E-state index contributed by atoms with van der Waals surface area (Å²) in [5, 5.41) is 3.61. The van der Waals surface area contributed by atoms with Crippen molar-refractivity contribution < 1.29 is 0 Å². The zero-order valence-electron chi connectivity index (χ0n) is 12.5. The Morgan fingerprint density at radius 3 is 2.47 bits per heavy atom. The highest BCUT2D eigenvalue weighted by molar-refractivity contribution is 4.88. The Kier molecular flexibility index (Phi) is 5.90. The van der Waals surface area contributed by atoms with Crippen LogP contribution in [0.3, 0.4) is 0 Å². The van der Waals surface area contributed by atoms with E-state index in [0.717, 1.165) is 12.5 Å². The topological polar surface area (TPSA) is 18.5 Å². The van der Waals surface area contributed by atoms with Crippen molar-refractivity contribution in [3.05, 3.63) is 0 Å². The highest BCUT2D eigenvalue weighted by Gasteiger charge is 2.30. The smallest absolute Gasteiger partial charge is 0.0247 e. The second-order valence-corrected chi connectivity index (χ2v) is 6.26. The SMILES string of the molecule is CC1CN(C(C)CCN(C)C)C(C(C)C)CN1. The zero-order valence-corrected chi connectivity index (χ0v) is 12.5. The van der Waals surface area contributed by atoms with Gasteiger partial charge in [0, 0.05) is 31.2 Å². The molecule has 17 heavy (non-hydrogen) atoms. The van der Waals surface area contributed by atoms with E-state index in [9.17, 15) is 0 Å². The molecular formula is C14H31N3. The Morgan fingerprint density at radius 1 is 1.29 bits per heavy atom. The Morgan fingerprint density at radius 2 is 1.94 bits per heavy atom. The lowest BCUT2D eigenvalue weighted by atomic mass is 9.96. The molecule has 1 aliphatic heterocycles. The van der Waals surface area contributed by atoms with E-state index in [1.54, 1.807) is 0 Å². The van der Waals surface area contributed by atoms with E-state index in [-0.39, 0.29) is 0 Å². The highest BCUT2D eigenvalue weighted by atomic mass is 15.3. The third kappa shape index (κ3) is 4.57. The predicted molar refractivity (Wildman–Crippen MR) is 75.4 cm³/mol. The van der Waals surface area contributed by atoms with E-state index in [0.29, 0.717) is 18.1 Å². The van der Waals surface area contributed by atoms with Gasteiger partial charge in [-0.1, -0.05) is 13.8 Å². The van der Waals surface area contributed by atoms with Crippen molar-refractivity contribution in [1.82, 2.24) is 15.1 Å². The summed E-state index contributed by atoms with van der Waals surface area (Å²) in [5.74, 6) is 0.733. The van der Waals surface area contributed by atoms with Gasteiger partial charge < -0.3 is 10.2 Å². The molecule has 0 radical (unpaired) electrons. The summed E-state index contributed by atoms with van der Waals surface area (Å²) in [6.07, 6.45) is 1.27. The first-order chi connectivity index (χ1) is 7.91. The van der Waals surface area contributed by atoms with E-state index in [1.165, 1.54) is 19.5 Å². The minimum absolute atomic E-state index is 0.631. The summed E-state index contributed by atoms with van der Waals surface area (Å²) >= 11 is 0. The maximum Gasteiger partial charge on any atom is 0.0247 e. The quantitative estimate of drug-likeness (QED) is 0.789. The molecule has 3 unspecified atom stereocenters. The molecule has 3 heteroatoms. The van der Waals surface area contributed by atoms with Gasteiger partial charge in [0.25, 0.3) is 0 Å². The van der Waals surface area contributed by atoms with E-state index in [4.69, 9.17) is 0 Å².